The van der Waals surface area contributed by atoms with Crippen LogP contribution in [0.15, 0.2) is 28.9 Å². The summed E-state index contributed by atoms with van der Waals surface area (Å²) in [6, 6.07) is 5.33. The summed E-state index contributed by atoms with van der Waals surface area (Å²) in [5, 5.41) is 15.4. The number of amides is 1. The maximum absolute atomic E-state index is 12.2. The van der Waals surface area contributed by atoms with Crippen LogP contribution >= 0.6 is 15.9 Å². The number of carbonyl (C=O) groups is 1. The summed E-state index contributed by atoms with van der Waals surface area (Å²) in [7, 11) is 0. The molecule has 0 unspecified atom stereocenters. The lowest BCUT2D eigenvalue weighted by Gasteiger charge is -2.24. The van der Waals surface area contributed by atoms with Gasteiger partial charge in [-0.1, -0.05) is 15.9 Å². The number of hydrogen-bond acceptors (Lipinski definition) is 6. The predicted octanol–water partition coefficient (Wildman–Crippen LogP) is 4.33. The molecule has 1 saturated heterocycles. The quantitative estimate of drug-likeness (QED) is 0.567. The standard InChI is InChI=1S/C18H21BrN4O4/c1-18(2,3)27-17(24)22-7-6-12(10-22)21-16-13-8-11(19)4-5-14(13)20-9-15(16)23(25)26/h4-5,8-9,12H,6-7,10H2,1-3H3,(H,20,21)/t12-/m1/s1. The molecule has 1 fully saturated rings. The minimum atomic E-state index is -0.561. The average Bonchev–Trinajstić information content (AvgIpc) is 3.02. The number of likely N-dealkylation sites (tertiary alicyclic amines) is 1. The van der Waals surface area contributed by atoms with Gasteiger partial charge in [-0.25, -0.2) is 9.78 Å². The topological polar surface area (TPSA) is 97.6 Å². The van der Waals surface area contributed by atoms with E-state index >= 15 is 0 Å². The maximum Gasteiger partial charge on any atom is 0.410 e. The molecule has 1 aliphatic heterocycles. The van der Waals surface area contributed by atoms with Crippen molar-refractivity contribution in [1.29, 1.82) is 0 Å². The van der Waals surface area contributed by atoms with Gasteiger partial charge in [0.05, 0.1) is 10.4 Å². The van der Waals surface area contributed by atoms with Gasteiger partial charge in [-0.15, -0.1) is 0 Å². The number of nitro groups is 1. The number of ether oxygens (including phenoxy) is 1. The van der Waals surface area contributed by atoms with E-state index in [1.807, 2.05) is 26.8 Å². The molecule has 144 valence electrons. The van der Waals surface area contributed by atoms with Crippen LogP contribution in [0.2, 0.25) is 0 Å². The van der Waals surface area contributed by atoms with Crippen LogP contribution in [0.1, 0.15) is 27.2 Å². The molecule has 2 heterocycles. The van der Waals surface area contributed by atoms with Crippen LogP contribution in [0.3, 0.4) is 0 Å². The second-order valence-corrected chi connectivity index (χ2v) is 8.41. The fourth-order valence-corrected chi connectivity index (χ4v) is 3.38. The molecule has 1 aliphatic rings. The lowest BCUT2D eigenvalue weighted by atomic mass is 10.1. The summed E-state index contributed by atoms with van der Waals surface area (Å²) < 4.78 is 6.21. The molecule has 0 aliphatic carbocycles. The fraction of sp³-hybridized carbons (Fsp3) is 0.444. The van der Waals surface area contributed by atoms with Gasteiger partial charge in [0.2, 0.25) is 0 Å². The number of nitrogens with one attached hydrogen (secondary N) is 1. The largest absolute Gasteiger partial charge is 0.444 e. The highest BCUT2D eigenvalue weighted by Crippen LogP contribution is 2.34. The number of carbonyl (C=O) groups excluding carboxylic acids is 1. The van der Waals surface area contributed by atoms with Crippen LogP contribution < -0.4 is 5.32 Å². The van der Waals surface area contributed by atoms with Crippen molar-refractivity contribution >= 4 is 44.3 Å². The molecule has 1 aromatic heterocycles. The molecule has 9 heteroatoms. The Hall–Kier alpha value is -2.42. The van der Waals surface area contributed by atoms with Gasteiger partial charge >= 0.3 is 11.8 Å². The van der Waals surface area contributed by atoms with Crippen molar-refractivity contribution in [2.24, 2.45) is 0 Å². The number of pyridine rings is 1. The van der Waals surface area contributed by atoms with Gasteiger partial charge in [0, 0.05) is 29.0 Å². The Bertz CT molecular complexity index is 897. The summed E-state index contributed by atoms with van der Waals surface area (Å²) >= 11 is 3.40. The van der Waals surface area contributed by atoms with Crippen molar-refractivity contribution in [3.05, 3.63) is 39.0 Å². The Morgan fingerprint density at radius 1 is 1.44 bits per heavy atom. The molecule has 1 N–H and O–H groups in total. The smallest absolute Gasteiger partial charge is 0.410 e. The Morgan fingerprint density at radius 2 is 2.19 bits per heavy atom. The van der Waals surface area contributed by atoms with Crippen LogP contribution in [0, 0.1) is 10.1 Å². The third-order valence-corrected chi connectivity index (χ3v) is 4.69. The average molecular weight is 437 g/mol. The van der Waals surface area contributed by atoms with Gasteiger partial charge in [-0.05, 0) is 45.4 Å². The highest BCUT2D eigenvalue weighted by Gasteiger charge is 2.31. The molecule has 27 heavy (non-hydrogen) atoms. The van der Waals surface area contributed by atoms with E-state index in [9.17, 15) is 14.9 Å². The number of benzene rings is 1. The summed E-state index contributed by atoms with van der Waals surface area (Å²) in [6.07, 6.45) is 1.57. The molecule has 1 aromatic carbocycles. The van der Waals surface area contributed by atoms with Gasteiger partial charge in [0.25, 0.3) is 0 Å². The lowest BCUT2D eigenvalue weighted by Crippen LogP contribution is -2.36. The van der Waals surface area contributed by atoms with Crippen LogP contribution in [0.4, 0.5) is 16.2 Å². The van der Waals surface area contributed by atoms with Gasteiger partial charge < -0.3 is 15.0 Å². The fourth-order valence-electron chi connectivity index (χ4n) is 3.02. The van der Waals surface area contributed by atoms with E-state index in [1.54, 1.807) is 17.0 Å². The van der Waals surface area contributed by atoms with Crippen molar-refractivity contribution in [2.75, 3.05) is 18.4 Å². The number of fused-ring (bicyclic) bond motifs is 1. The third-order valence-electron chi connectivity index (χ3n) is 4.20. The highest BCUT2D eigenvalue weighted by molar-refractivity contribution is 9.10. The molecule has 3 rings (SSSR count). The van der Waals surface area contributed by atoms with E-state index in [0.717, 1.165) is 4.47 Å². The monoisotopic (exact) mass is 436 g/mol. The zero-order valence-electron chi connectivity index (χ0n) is 15.4. The first kappa shape index (κ1) is 19.3. The van der Waals surface area contributed by atoms with Crippen molar-refractivity contribution in [2.45, 2.75) is 38.8 Å². The molecule has 1 amide bonds. The molecule has 0 saturated carbocycles. The van der Waals surface area contributed by atoms with Gasteiger partial charge in [0.1, 0.15) is 17.5 Å². The molecule has 0 bridgehead atoms. The number of hydrogen-bond donors (Lipinski definition) is 1. The SMILES string of the molecule is CC(C)(C)OC(=O)N1CC[C@@H](Nc2c([N+](=O)[O-])cnc3ccc(Br)cc23)C1. The Kier molecular flexibility index (Phi) is 5.23. The van der Waals surface area contributed by atoms with Gasteiger partial charge in [-0.2, -0.15) is 0 Å². The Morgan fingerprint density at radius 3 is 2.85 bits per heavy atom. The van der Waals surface area contributed by atoms with Crippen LogP contribution in [0.5, 0.6) is 0 Å². The number of rotatable bonds is 3. The molecule has 8 nitrogen and oxygen atoms in total. The molecule has 0 radical (unpaired) electrons. The van der Waals surface area contributed by atoms with Crippen LogP contribution in [-0.2, 0) is 4.74 Å². The first-order valence-corrected chi connectivity index (χ1v) is 9.40. The van der Waals surface area contributed by atoms with Crippen molar-refractivity contribution in [1.82, 2.24) is 9.88 Å². The Balaban J connectivity index is 1.84. The van der Waals surface area contributed by atoms with E-state index < -0.39 is 10.5 Å². The van der Waals surface area contributed by atoms with Crippen molar-refractivity contribution in [3.63, 3.8) is 0 Å². The van der Waals surface area contributed by atoms with Crippen molar-refractivity contribution < 1.29 is 14.5 Å². The number of halogens is 1. The summed E-state index contributed by atoms with van der Waals surface area (Å²) in [5.41, 5.74) is 0.432. The highest BCUT2D eigenvalue weighted by atomic mass is 79.9. The first-order chi connectivity index (χ1) is 12.6. The zero-order chi connectivity index (χ0) is 19.8. The second kappa shape index (κ2) is 7.30. The summed E-state index contributed by atoms with van der Waals surface area (Å²) in [6.45, 7) is 6.42. The van der Waals surface area contributed by atoms with E-state index in [4.69, 9.17) is 4.74 Å². The van der Waals surface area contributed by atoms with E-state index in [1.165, 1.54) is 6.20 Å². The lowest BCUT2D eigenvalue weighted by molar-refractivity contribution is -0.384. The Labute approximate surface area is 165 Å². The molecular formula is C18H21BrN4O4. The van der Waals surface area contributed by atoms with E-state index in [-0.39, 0.29) is 17.8 Å². The minimum Gasteiger partial charge on any atom is -0.444 e. The number of nitrogens with zero attached hydrogens (tertiary/aromatic N) is 3. The molecule has 0 spiro atoms. The third kappa shape index (κ3) is 4.47. The predicted molar refractivity (Wildman–Crippen MR) is 106 cm³/mol. The van der Waals surface area contributed by atoms with Crippen LogP contribution in [0.25, 0.3) is 10.9 Å². The second-order valence-electron chi connectivity index (χ2n) is 7.49. The molecule has 2 aromatic rings. The maximum atomic E-state index is 12.2. The van der Waals surface area contributed by atoms with Gasteiger partial charge in [0.15, 0.2) is 0 Å². The van der Waals surface area contributed by atoms with E-state index in [2.05, 4.69) is 26.2 Å². The molecule has 1 atom stereocenters. The van der Waals surface area contributed by atoms with E-state index in [0.29, 0.717) is 36.1 Å². The molecular weight excluding hydrogens is 416 g/mol. The van der Waals surface area contributed by atoms with Gasteiger partial charge in [-0.3, -0.25) is 10.1 Å². The normalized spacial score (nSPS) is 17.2. The van der Waals surface area contributed by atoms with Crippen molar-refractivity contribution in [3.8, 4) is 0 Å². The summed E-state index contributed by atoms with van der Waals surface area (Å²) in [4.78, 5) is 29.1. The number of aromatic nitrogens is 1. The zero-order valence-corrected chi connectivity index (χ0v) is 16.9. The first-order valence-electron chi connectivity index (χ1n) is 8.61. The number of anilines is 1. The minimum absolute atomic E-state index is 0.0867. The summed E-state index contributed by atoms with van der Waals surface area (Å²) in [5.74, 6) is 0. The van der Waals surface area contributed by atoms with Crippen LogP contribution in [-0.4, -0.2) is 45.6 Å².